The van der Waals surface area contributed by atoms with Gasteiger partial charge < -0.3 is 0 Å². The number of allylic oxidation sites excluding steroid dienone is 2. The molecule has 0 aliphatic heterocycles. The Balaban J connectivity index is 4.42. The number of sulfone groups is 1. The van der Waals surface area contributed by atoms with Crippen LogP contribution in [0.15, 0.2) is 23.0 Å². The monoisotopic (exact) mass is 146 g/mol. The molecule has 0 aromatic rings. The van der Waals surface area contributed by atoms with Crippen LogP contribution in [0.4, 0.5) is 0 Å². The molecule has 0 aromatic heterocycles. The Bertz CT molecular complexity index is 191. The van der Waals surface area contributed by atoms with E-state index in [-0.39, 0.29) is 0 Å². The standard InChI is InChI=1S/C6H10O2S/c1-3-5-9(7,8)6-4-2/h3-6H,1-2H3/b5-3-,6-4-. The van der Waals surface area contributed by atoms with Gasteiger partial charge in [-0.25, -0.2) is 8.42 Å². The molecule has 0 unspecified atom stereocenters. The van der Waals surface area contributed by atoms with E-state index >= 15 is 0 Å². The van der Waals surface area contributed by atoms with Crippen molar-refractivity contribution >= 4 is 9.84 Å². The van der Waals surface area contributed by atoms with Crippen LogP contribution >= 0.6 is 0 Å². The molecule has 0 aromatic carbocycles. The average molecular weight is 146 g/mol. The molecule has 0 atom stereocenters. The summed E-state index contributed by atoms with van der Waals surface area (Å²) < 4.78 is 21.3. The van der Waals surface area contributed by atoms with Crippen LogP contribution in [0.25, 0.3) is 0 Å². The first-order valence-corrected chi connectivity index (χ1v) is 4.24. The summed E-state index contributed by atoms with van der Waals surface area (Å²) in [5.74, 6) is 0. The van der Waals surface area contributed by atoms with Crippen molar-refractivity contribution in [2.75, 3.05) is 0 Å². The molecule has 0 spiro atoms. The first kappa shape index (κ1) is 8.43. The van der Waals surface area contributed by atoms with Crippen LogP contribution in [0, 0.1) is 0 Å². The Morgan fingerprint density at radius 2 is 1.33 bits per heavy atom. The highest BCUT2D eigenvalue weighted by Crippen LogP contribution is 1.93. The minimum Gasteiger partial charge on any atom is -0.220 e. The largest absolute Gasteiger partial charge is 0.220 e. The smallest absolute Gasteiger partial charge is 0.192 e. The van der Waals surface area contributed by atoms with E-state index in [0.717, 1.165) is 10.8 Å². The summed E-state index contributed by atoms with van der Waals surface area (Å²) in [6, 6.07) is 0. The van der Waals surface area contributed by atoms with Crippen molar-refractivity contribution in [1.29, 1.82) is 0 Å². The first-order chi connectivity index (χ1) is 4.12. The minimum atomic E-state index is -3.04. The molecule has 0 radical (unpaired) electrons. The predicted molar refractivity (Wildman–Crippen MR) is 38.5 cm³/mol. The molecule has 0 amide bonds. The Kier molecular flexibility index (Phi) is 3.24. The van der Waals surface area contributed by atoms with Crippen molar-refractivity contribution < 1.29 is 8.42 Å². The molecule has 0 heterocycles. The molecule has 2 nitrogen and oxygen atoms in total. The predicted octanol–water partition coefficient (Wildman–Crippen LogP) is 1.47. The van der Waals surface area contributed by atoms with Crippen LogP contribution in [-0.2, 0) is 9.84 Å². The molecular weight excluding hydrogens is 136 g/mol. The SMILES string of the molecule is C/C=C\S(=O)(=O)/C=C\C. The first-order valence-electron chi connectivity index (χ1n) is 2.63. The van der Waals surface area contributed by atoms with Gasteiger partial charge in [-0.15, -0.1) is 0 Å². The summed E-state index contributed by atoms with van der Waals surface area (Å²) >= 11 is 0. The fourth-order valence-corrected chi connectivity index (χ4v) is 1.27. The maximum atomic E-state index is 10.7. The molecule has 0 saturated heterocycles. The third-order valence-electron chi connectivity index (χ3n) is 0.652. The Hall–Kier alpha value is -0.570. The van der Waals surface area contributed by atoms with Crippen LogP contribution in [-0.4, -0.2) is 8.42 Å². The van der Waals surface area contributed by atoms with Crippen LogP contribution in [0.2, 0.25) is 0 Å². The molecule has 52 valence electrons. The summed E-state index contributed by atoms with van der Waals surface area (Å²) in [6.45, 7) is 3.34. The van der Waals surface area contributed by atoms with Gasteiger partial charge in [0.1, 0.15) is 0 Å². The van der Waals surface area contributed by atoms with Crippen molar-refractivity contribution in [3.8, 4) is 0 Å². The molecule has 0 aliphatic rings. The molecule has 0 saturated carbocycles. The lowest BCUT2D eigenvalue weighted by Gasteiger charge is -1.82. The van der Waals surface area contributed by atoms with Crippen molar-refractivity contribution in [1.82, 2.24) is 0 Å². The summed E-state index contributed by atoms with van der Waals surface area (Å²) in [4.78, 5) is 0. The van der Waals surface area contributed by atoms with Crippen molar-refractivity contribution in [2.45, 2.75) is 13.8 Å². The normalized spacial score (nSPS) is 13.6. The maximum Gasteiger partial charge on any atom is 0.192 e. The third-order valence-corrected chi connectivity index (χ3v) is 1.95. The van der Waals surface area contributed by atoms with Gasteiger partial charge in [-0.3, -0.25) is 0 Å². The van der Waals surface area contributed by atoms with Crippen LogP contribution in [0.3, 0.4) is 0 Å². The Morgan fingerprint density at radius 3 is 1.56 bits per heavy atom. The van der Waals surface area contributed by atoms with Gasteiger partial charge in [0.2, 0.25) is 0 Å². The second-order valence-electron chi connectivity index (χ2n) is 1.53. The third kappa shape index (κ3) is 3.97. The van der Waals surface area contributed by atoms with E-state index < -0.39 is 9.84 Å². The van der Waals surface area contributed by atoms with Crippen LogP contribution in [0.1, 0.15) is 13.8 Å². The van der Waals surface area contributed by atoms with Crippen molar-refractivity contribution in [3.63, 3.8) is 0 Å². The van der Waals surface area contributed by atoms with Gasteiger partial charge in [0.15, 0.2) is 9.84 Å². The van der Waals surface area contributed by atoms with Gasteiger partial charge in [0, 0.05) is 10.8 Å². The van der Waals surface area contributed by atoms with E-state index in [9.17, 15) is 8.42 Å². The van der Waals surface area contributed by atoms with E-state index in [1.165, 1.54) is 12.2 Å². The zero-order valence-corrected chi connectivity index (χ0v) is 6.35. The van der Waals surface area contributed by atoms with E-state index in [2.05, 4.69) is 0 Å². The maximum absolute atomic E-state index is 10.7. The molecule has 0 fully saturated rings. The summed E-state index contributed by atoms with van der Waals surface area (Å²) in [5, 5.41) is 2.32. The number of hydrogen-bond acceptors (Lipinski definition) is 2. The molecular formula is C6H10O2S. The van der Waals surface area contributed by atoms with Gasteiger partial charge >= 0.3 is 0 Å². The minimum absolute atomic E-state index is 1.16. The zero-order valence-electron chi connectivity index (χ0n) is 5.53. The average Bonchev–Trinajstić information content (AvgIpc) is 1.64. The Morgan fingerprint density at radius 1 is 1.00 bits per heavy atom. The molecule has 0 rings (SSSR count). The highest BCUT2D eigenvalue weighted by atomic mass is 32.2. The molecule has 0 aliphatic carbocycles. The van der Waals surface area contributed by atoms with Crippen LogP contribution in [0.5, 0.6) is 0 Å². The lowest BCUT2D eigenvalue weighted by Crippen LogP contribution is -1.85. The van der Waals surface area contributed by atoms with Gasteiger partial charge in [0.05, 0.1) is 0 Å². The highest BCUT2D eigenvalue weighted by Gasteiger charge is 1.94. The highest BCUT2D eigenvalue weighted by molar-refractivity contribution is 7.97. The van der Waals surface area contributed by atoms with Gasteiger partial charge in [-0.2, -0.15) is 0 Å². The van der Waals surface area contributed by atoms with E-state index in [4.69, 9.17) is 0 Å². The molecule has 0 N–H and O–H groups in total. The topological polar surface area (TPSA) is 34.1 Å². The quantitative estimate of drug-likeness (QED) is 0.591. The summed E-state index contributed by atoms with van der Waals surface area (Å²) in [5.41, 5.74) is 0. The molecule has 3 heteroatoms. The molecule has 9 heavy (non-hydrogen) atoms. The van der Waals surface area contributed by atoms with Gasteiger partial charge in [0.25, 0.3) is 0 Å². The van der Waals surface area contributed by atoms with E-state index in [1.807, 2.05) is 0 Å². The zero-order chi connectivity index (χ0) is 7.33. The fourth-order valence-electron chi connectivity index (χ4n) is 0.425. The second-order valence-corrected chi connectivity index (χ2v) is 3.25. The fraction of sp³-hybridized carbons (Fsp3) is 0.333. The van der Waals surface area contributed by atoms with Gasteiger partial charge in [-0.05, 0) is 13.8 Å². The van der Waals surface area contributed by atoms with E-state index in [0.29, 0.717) is 0 Å². The van der Waals surface area contributed by atoms with Crippen LogP contribution < -0.4 is 0 Å². The van der Waals surface area contributed by atoms with E-state index in [1.54, 1.807) is 13.8 Å². The van der Waals surface area contributed by atoms with Crippen molar-refractivity contribution in [3.05, 3.63) is 23.0 Å². The second kappa shape index (κ2) is 3.45. The number of hydrogen-bond donors (Lipinski definition) is 0. The summed E-state index contributed by atoms with van der Waals surface area (Å²) in [7, 11) is -3.04. The van der Waals surface area contributed by atoms with Gasteiger partial charge in [-0.1, -0.05) is 12.2 Å². The lowest BCUT2D eigenvalue weighted by atomic mass is 10.8. The lowest BCUT2D eigenvalue weighted by molar-refractivity contribution is 0.612. The molecule has 0 bridgehead atoms. The summed E-state index contributed by atoms with van der Waals surface area (Å²) in [6.07, 6.45) is 2.99. The van der Waals surface area contributed by atoms with Crippen molar-refractivity contribution in [2.24, 2.45) is 0 Å². The number of rotatable bonds is 2. The Labute approximate surface area is 55.8 Å².